The van der Waals surface area contributed by atoms with E-state index in [-0.39, 0.29) is 11.5 Å². The number of nitrogens with two attached hydrogens (primary N) is 1. The average Bonchev–Trinajstić information content (AvgIpc) is 2.10. The highest BCUT2D eigenvalue weighted by Gasteiger charge is 2.06. The van der Waals surface area contributed by atoms with E-state index in [0.717, 1.165) is 5.56 Å². The van der Waals surface area contributed by atoms with Gasteiger partial charge in [0.1, 0.15) is 5.75 Å². The van der Waals surface area contributed by atoms with Gasteiger partial charge in [-0.25, -0.2) is 0 Å². The molecule has 0 aliphatic carbocycles. The molecule has 1 aromatic rings. The van der Waals surface area contributed by atoms with E-state index in [0.29, 0.717) is 13.0 Å². The van der Waals surface area contributed by atoms with Crippen molar-refractivity contribution in [1.82, 2.24) is 0 Å². The molecule has 0 fully saturated rings. The smallest absolute Gasteiger partial charge is 0.299 e. The van der Waals surface area contributed by atoms with Gasteiger partial charge in [0, 0.05) is 0 Å². The molecular formula is C8H10N2O4. The third-order valence-corrected chi connectivity index (χ3v) is 1.63. The molecule has 0 unspecified atom stereocenters. The second-order valence-electron chi connectivity index (χ2n) is 2.66. The number of phenols is 1. The lowest BCUT2D eigenvalue weighted by atomic mass is 10.1. The molecule has 6 nitrogen and oxygen atoms in total. The van der Waals surface area contributed by atoms with Crippen LogP contribution >= 0.6 is 0 Å². The Morgan fingerprint density at radius 2 is 2.29 bits per heavy atom. The summed E-state index contributed by atoms with van der Waals surface area (Å²) in [6.07, 6.45) is 0.578. The first kappa shape index (κ1) is 10.3. The van der Waals surface area contributed by atoms with Crippen molar-refractivity contribution >= 4 is 0 Å². The van der Waals surface area contributed by atoms with Gasteiger partial charge in [-0.3, -0.25) is 4.84 Å². The van der Waals surface area contributed by atoms with Crippen LogP contribution in [0, 0.1) is 10.1 Å². The van der Waals surface area contributed by atoms with E-state index in [9.17, 15) is 15.2 Å². The maximum atomic E-state index is 10.0. The van der Waals surface area contributed by atoms with Crippen LogP contribution in [0.25, 0.3) is 0 Å². The zero-order valence-electron chi connectivity index (χ0n) is 7.34. The first-order valence-electron chi connectivity index (χ1n) is 3.98. The molecule has 0 aromatic heterocycles. The summed E-state index contributed by atoms with van der Waals surface area (Å²) in [7, 11) is 0. The highest BCUT2D eigenvalue weighted by atomic mass is 17.0. The topological polar surface area (TPSA) is 98.6 Å². The summed E-state index contributed by atoms with van der Waals surface area (Å²) >= 11 is 0. The molecule has 0 radical (unpaired) electrons. The number of benzene rings is 1. The van der Waals surface area contributed by atoms with E-state index in [2.05, 4.69) is 4.84 Å². The summed E-state index contributed by atoms with van der Waals surface area (Å²) in [4.78, 5) is 14.2. The molecule has 0 bridgehead atoms. The van der Waals surface area contributed by atoms with Gasteiger partial charge in [0.2, 0.25) is 0 Å². The number of hydrogen-bond donors (Lipinski definition) is 2. The molecule has 1 aromatic carbocycles. The van der Waals surface area contributed by atoms with E-state index in [4.69, 9.17) is 5.73 Å². The first-order valence-corrected chi connectivity index (χ1v) is 3.98. The Kier molecular flexibility index (Phi) is 3.24. The molecule has 0 spiro atoms. The largest absolute Gasteiger partial charge is 0.506 e. The van der Waals surface area contributed by atoms with Gasteiger partial charge < -0.3 is 10.8 Å². The monoisotopic (exact) mass is 198 g/mol. The number of aromatic hydroxyl groups is 1. The van der Waals surface area contributed by atoms with Crippen molar-refractivity contribution in [3.63, 3.8) is 0 Å². The fraction of sp³-hybridized carbons (Fsp3) is 0.250. The quantitative estimate of drug-likeness (QED) is 0.541. The van der Waals surface area contributed by atoms with Crippen molar-refractivity contribution in [1.29, 1.82) is 0 Å². The van der Waals surface area contributed by atoms with Crippen molar-refractivity contribution in [2.75, 3.05) is 6.54 Å². The lowest BCUT2D eigenvalue weighted by Gasteiger charge is -2.04. The third-order valence-electron chi connectivity index (χ3n) is 1.63. The van der Waals surface area contributed by atoms with Crippen molar-refractivity contribution < 1.29 is 15.0 Å². The van der Waals surface area contributed by atoms with Crippen molar-refractivity contribution in [3.05, 3.63) is 33.9 Å². The summed E-state index contributed by atoms with van der Waals surface area (Å²) in [6.45, 7) is 0.433. The van der Waals surface area contributed by atoms with Gasteiger partial charge in [-0.2, -0.15) is 0 Å². The van der Waals surface area contributed by atoms with E-state index in [1.54, 1.807) is 6.07 Å². The number of nitrogens with zero attached hydrogens (tertiary/aromatic N) is 1. The molecule has 0 saturated carbocycles. The summed E-state index contributed by atoms with van der Waals surface area (Å²) < 4.78 is 0. The number of rotatable bonds is 4. The molecule has 14 heavy (non-hydrogen) atoms. The molecular weight excluding hydrogens is 188 g/mol. The van der Waals surface area contributed by atoms with Crippen LogP contribution in [-0.4, -0.2) is 16.7 Å². The third kappa shape index (κ3) is 2.60. The SMILES string of the molecule is NCCc1ccc(O)c(O[N+](=O)[O-])c1. The van der Waals surface area contributed by atoms with Crippen LogP contribution in [-0.2, 0) is 6.42 Å². The maximum Gasteiger partial charge on any atom is 0.299 e. The molecule has 76 valence electrons. The maximum absolute atomic E-state index is 10.0. The highest BCUT2D eigenvalue weighted by Crippen LogP contribution is 2.26. The molecule has 0 aliphatic rings. The van der Waals surface area contributed by atoms with Crippen LogP contribution in [0.15, 0.2) is 18.2 Å². The van der Waals surface area contributed by atoms with Crippen LogP contribution < -0.4 is 10.6 Å². The van der Waals surface area contributed by atoms with Gasteiger partial charge in [0.15, 0.2) is 5.75 Å². The van der Waals surface area contributed by atoms with Gasteiger partial charge in [0.25, 0.3) is 5.09 Å². The molecule has 1 rings (SSSR count). The van der Waals surface area contributed by atoms with Crippen LogP contribution in [0.2, 0.25) is 0 Å². The van der Waals surface area contributed by atoms with Gasteiger partial charge >= 0.3 is 0 Å². The Hall–Kier alpha value is -1.82. The van der Waals surface area contributed by atoms with Crippen LogP contribution in [0.3, 0.4) is 0 Å². The molecule has 0 atom stereocenters. The predicted octanol–water partition coefficient (Wildman–Crippen LogP) is 0.464. The van der Waals surface area contributed by atoms with Gasteiger partial charge in [-0.1, -0.05) is 6.07 Å². The van der Waals surface area contributed by atoms with E-state index in [1.807, 2.05) is 0 Å². The molecule has 0 amide bonds. The molecule has 0 saturated heterocycles. The van der Waals surface area contributed by atoms with Gasteiger partial charge in [-0.15, -0.1) is 10.1 Å². The molecule has 0 aliphatic heterocycles. The van der Waals surface area contributed by atoms with Gasteiger partial charge in [0.05, 0.1) is 0 Å². The standard InChI is InChI=1S/C8H10N2O4/c9-4-3-6-1-2-7(11)8(5-6)14-10(12)13/h1-2,5,11H,3-4,9H2. The lowest BCUT2D eigenvalue weighted by Crippen LogP contribution is -2.06. The minimum Gasteiger partial charge on any atom is -0.506 e. The summed E-state index contributed by atoms with van der Waals surface area (Å²) in [6, 6.07) is 4.36. The molecule has 3 N–H and O–H groups in total. The second kappa shape index (κ2) is 4.43. The zero-order chi connectivity index (χ0) is 10.6. The average molecular weight is 198 g/mol. The summed E-state index contributed by atoms with van der Waals surface area (Å²) in [5, 5.41) is 18.3. The Morgan fingerprint density at radius 3 is 2.86 bits per heavy atom. The summed E-state index contributed by atoms with van der Waals surface area (Å²) in [5.41, 5.74) is 6.09. The van der Waals surface area contributed by atoms with E-state index >= 15 is 0 Å². The minimum absolute atomic E-state index is 0.166. The predicted molar refractivity (Wildman–Crippen MR) is 48.5 cm³/mol. The fourth-order valence-electron chi connectivity index (χ4n) is 1.03. The second-order valence-corrected chi connectivity index (χ2v) is 2.66. The summed E-state index contributed by atoms with van der Waals surface area (Å²) in [5.74, 6) is -0.427. The normalized spacial score (nSPS) is 9.79. The van der Waals surface area contributed by atoms with Crippen LogP contribution in [0.4, 0.5) is 0 Å². The highest BCUT2D eigenvalue weighted by molar-refractivity contribution is 5.41. The van der Waals surface area contributed by atoms with Crippen molar-refractivity contribution in [2.45, 2.75) is 6.42 Å². The van der Waals surface area contributed by atoms with E-state index in [1.165, 1.54) is 12.1 Å². The Morgan fingerprint density at radius 1 is 1.57 bits per heavy atom. The fourth-order valence-corrected chi connectivity index (χ4v) is 1.03. The number of phenolic OH excluding ortho intramolecular Hbond substituents is 1. The van der Waals surface area contributed by atoms with Crippen molar-refractivity contribution in [2.24, 2.45) is 5.73 Å². The van der Waals surface area contributed by atoms with E-state index < -0.39 is 5.09 Å². The lowest BCUT2D eigenvalue weighted by molar-refractivity contribution is -0.711. The molecule has 6 heteroatoms. The van der Waals surface area contributed by atoms with Crippen LogP contribution in [0.1, 0.15) is 5.56 Å². The Labute approximate surface area is 80.0 Å². The number of hydrogen-bond acceptors (Lipinski definition) is 5. The Bertz CT molecular complexity index is 340. The van der Waals surface area contributed by atoms with Crippen molar-refractivity contribution in [3.8, 4) is 11.5 Å². The van der Waals surface area contributed by atoms with Gasteiger partial charge in [-0.05, 0) is 30.7 Å². The Balaban J connectivity index is 2.90. The minimum atomic E-state index is -0.971. The zero-order valence-corrected chi connectivity index (χ0v) is 7.34. The first-order chi connectivity index (χ1) is 6.63. The van der Waals surface area contributed by atoms with Crippen LogP contribution in [0.5, 0.6) is 11.5 Å². The molecule has 0 heterocycles.